The van der Waals surface area contributed by atoms with Crippen molar-refractivity contribution < 1.29 is 9.53 Å². The van der Waals surface area contributed by atoms with Crippen molar-refractivity contribution in [2.45, 2.75) is 11.7 Å². The van der Waals surface area contributed by atoms with Crippen LogP contribution in [0, 0.1) is 0 Å². The number of aromatic nitrogens is 4. The molecule has 8 nitrogen and oxygen atoms in total. The van der Waals surface area contributed by atoms with Gasteiger partial charge in [-0.15, -0.1) is 10.2 Å². The number of amides is 1. The zero-order valence-electron chi connectivity index (χ0n) is 17.2. The maximum atomic E-state index is 12.5. The SMILES string of the molecule is O=C(CSc1nnc(-c2ccncc2)n1CCN1CCOCC1)Nc1c(Cl)cccc1Cl. The summed E-state index contributed by atoms with van der Waals surface area (Å²) in [7, 11) is 0. The number of nitrogens with zero attached hydrogens (tertiary/aromatic N) is 5. The van der Waals surface area contributed by atoms with Crippen LogP contribution in [-0.2, 0) is 16.1 Å². The summed E-state index contributed by atoms with van der Waals surface area (Å²) in [6, 6.07) is 8.89. The lowest BCUT2D eigenvalue weighted by Crippen LogP contribution is -2.38. The normalized spacial score (nSPS) is 14.4. The number of para-hydroxylation sites is 1. The summed E-state index contributed by atoms with van der Waals surface area (Å²) in [5.74, 6) is 0.670. The second-order valence-electron chi connectivity index (χ2n) is 7.08. The third kappa shape index (κ3) is 5.79. The summed E-state index contributed by atoms with van der Waals surface area (Å²) in [5, 5.41) is 13.0. The highest BCUT2D eigenvalue weighted by atomic mass is 35.5. The lowest BCUT2D eigenvalue weighted by atomic mass is 10.2. The molecule has 32 heavy (non-hydrogen) atoms. The molecule has 168 valence electrons. The number of thioether (sulfide) groups is 1. The molecule has 4 rings (SSSR count). The number of hydrogen-bond donors (Lipinski definition) is 1. The standard InChI is InChI=1S/C21H22Cl2N6O2S/c22-16-2-1-3-17(23)19(16)25-18(30)14-32-21-27-26-20(15-4-6-24-7-5-15)29(21)9-8-28-10-12-31-13-11-28/h1-7H,8-14H2,(H,25,30). The minimum atomic E-state index is -0.224. The number of hydrogen-bond acceptors (Lipinski definition) is 7. The zero-order valence-corrected chi connectivity index (χ0v) is 19.5. The lowest BCUT2D eigenvalue weighted by Gasteiger charge is -2.27. The van der Waals surface area contributed by atoms with Gasteiger partial charge in [0.05, 0.1) is 34.7 Å². The maximum Gasteiger partial charge on any atom is 0.234 e. The van der Waals surface area contributed by atoms with Crippen LogP contribution in [0.15, 0.2) is 47.9 Å². The third-order valence-corrected chi connectivity index (χ3v) is 6.56. The Balaban J connectivity index is 1.47. The molecule has 3 aromatic rings. The van der Waals surface area contributed by atoms with Crippen LogP contribution in [0.1, 0.15) is 0 Å². The molecule has 0 spiro atoms. The molecule has 1 saturated heterocycles. The number of pyridine rings is 1. The van der Waals surface area contributed by atoms with E-state index in [1.807, 2.05) is 16.7 Å². The minimum absolute atomic E-state index is 0.146. The average Bonchev–Trinajstić information content (AvgIpc) is 3.23. The summed E-state index contributed by atoms with van der Waals surface area (Å²) in [5.41, 5.74) is 1.33. The number of ether oxygens (including phenoxy) is 1. The fourth-order valence-corrected chi connectivity index (χ4v) is 4.56. The minimum Gasteiger partial charge on any atom is -0.379 e. The molecule has 1 aliphatic rings. The molecule has 1 amide bonds. The van der Waals surface area contributed by atoms with E-state index in [-0.39, 0.29) is 11.7 Å². The van der Waals surface area contributed by atoms with Crippen molar-refractivity contribution in [3.8, 4) is 11.4 Å². The van der Waals surface area contributed by atoms with Crippen LogP contribution >= 0.6 is 35.0 Å². The van der Waals surface area contributed by atoms with Crippen molar-refractivity contribution >= 4 is 46.6 Å². The first kappa shape index (κ1) is 23.0. The fourth-order valence-electron chi connectivity index (χ4n) is 3.30. The number of halogens is 2. The first-order valence-electron chi connectivity index (χ1n) is 10.1. The Hall–Kier alpha value is -2.17. The van der Waals surface area contributed by atoms with Crippen LogP contribution in [0.2, 0.25) is 10.0 Å². The van der Waals surface area contributed by atoms with E-state index in [0.29, 0.717) is 27.4 Å². The number of morpholine rings is 1. The van der Waals surface area contributed by atoms with E-state index in [9.17, 15) is 4.79 Å². The van der Waals surface area contributed by atoms with Crippen LogP contribution < -0.4 is 5.32 Å². The summed E-state index contributed by atoms with van der Waals surface area (Å²) < 4.78 is 7.48. The molecule has 1 aromatic carbocycles. The molecular weight excluding hydrogens is 471 g/mol. The van der Waals surface area contributed by atoms with Crippen LogP contribution in [0.4, 0.5) is 5.69 Å². The van der Waals surface area contributed by atoms with Crippen LogP contribution in [0.5, 0.6) is 0 Å². The smallest absolute Gasteiger partial charge is 0.234 e. The molecule has 0 bridgehead atoms. The molecule has 11 heteroatoms. The highest BCUT2D eigenvalue weighted by Gasteiger charge is 2.18. The monoisotopic (exact) mass is 492 g/mol. The van der Waals surface area contributed by atoms with Gasteiger partial charge in [-0.1, -0.05) is 41.0 Å². The van der Waals surface area contributed by atoms with Gasteiger partial charge < -0.3 is 14.6 Å². The van der Waals surface area contributed by atoms with Gasteiger partial charge >= 0.3 is 0 Å². The van der Waals surface area contributed by atoms with E-state index in [1.165, 1.54) is 11.8 Å². The molecule has 0 saturated carbocycles. The molecule has 0 atom stereocenters. The lowest BCUT2D eigenvalue weighted by molar-refractivity contribution is -0.113. The number of carbonyl (C=O) groups excluding carboxylic acids is 1. The fraction of sp³-hybridized carbons (Fsp3) is 0.333. The van der Waals surface area contributed by atoms with Crippen molar-refractivity contribution in [3.63, 3.8) is 0 Å². The number of rotatable bonds is 8. The van der Waals surface area contributed by atoms with Crippen LogP contribution in [-0.4, -0.2) is 69.2 Å². The molecule has 1 aliphatic heterocycles. The van der Waals surface area contributed by atoms with E-state index in [2.05, 4.69) is 25.4 Å². The van der Waals surface area contributed by atoms with Gasteiger partial charge in [-0.3, -0.25) is 14.7 Å². The number of nitrogens with one attached hydrogen (secondary N) is 1. The molecule has 0 radical (unpaired) electrons. The number of anilines is 1. The van der Waals surface area contributed by atoms with E-state index < -0.39 is 0 Å². The highest BCUT2D eigenvalue weighted by Crippen LogP contribution is 2.30. The maximum absolute atomic E-state index is 12.5. The van der Waals surface area contributed by atoms with Crippen molar-refractivity contribution in [3.05, 3.63) is 52.8 Å². The van der Waals surface area contributed by atoms with Crippen LogP contribution in [0.3, 0.4) is 0 Å². The van der Waals surface area contributed by atoms with Gasteiger partial charge in [0.1, 0.15) is 0 Å². The molecule has 0 unspecified atom stereocenters. The molecule has 1 fully saturated rings. The predicted molar refractivity (Wildman–Crippen MR) is 126 cm³/mol. The Labute approximate surface area is 200 Å². The zero-order chi connectivity index (χ0) is 22.3. The van der Waals surface area contributed by atoms with Gasteiger partial charge in [-0.25, -0.2) is 0 Å². The molecule has 0 aliphatic carbocycles. The molecule has 1 N–H and O–H groups in total. The number of benzene rings is 1. The number of carbonyl (C=O) groups is 1. The average molecular weight is 493 g/mol. The Bertz CT molecular complexity index is 1040. The van der Waals surface area contributed by atoms with Gasteiger partial charge in [-0.2, -0.15) is 0 Å². The van der Waals surface area contributed by atoms with Crippen molar-refractivity contribution in [1.82, 2.24) is 24.6 Å². The van der Waals surface area contributed by atoms with E-state index >= 15 is 0 Å². The second kappa shape index (κ2) is 11.1. The highest BCUT2D eigenvalue weighted by molar-refractivity contribution is 7.99. The van der Waals surface area contributed by atoms with E-state index in [0.717, 1.165) is 44.2 Å². The van der Waals surface area contributed by atoms with E-state index in [1.54, 1.807) is 30.6 Å². The van der Waals surface area contributed by atoms with Gasteiger partial charge in [0, 0.05) is 44.1 Å². The topological polar surface area (TPSA) is 85.2 Å². The van der Waals surface area contributed by atoms with Crippen molar-refractivity contribution in [2.75, 3.05) is 43.9 Å². The Morgan fingerprint density at radius 3 is 2.50 bits per heavy atom. The van der Waals surface area contributed by atoms with Crippen molar-refractivity contribution in [1.29, 1.82) is 0 Å². The molecule has 2 aromatic heterocycles. The summed E-state index contributed by atoms with van der Waals surface area (Å²) >= 11 is 13.6. The largest absolute Gasteiger partial charge is 0.379 e. The Kier molecular flexibility index (Phi) is 7.99. The van der Waals surface area contributed by atoms with Gasteiger partial charge in [0.25, 0.3) is 0 Å². The quantitative estimate of drug-likeness (QED) is 0.479. The van der Waals surface area contributed by atoms with Crippen molar-refractivity contribution in [2.24, 2.45) is 0 Å². The summed E-state index contributed by atoms with van der Waals surface area (Å²) in [6.45, 7) is 4.82. The van der Waals surface area contributed by atoms with Gasteiger partial charge in [0.15, 0.2) is 11.0 Å². The first-order chi connectivity index (χ1) is 15.6. The van der Waals surface area contributed by atoms with Gasteiger partial charge in [-0.05, 0) is 24.3 Å². The predicted octanol–water partition coefficient (Wildman–Crippen LogP) is 3.71. The second-order valence-corrected chi connectivity index (χ2v) is 8.84. The molecule has 3 heterocycles. The van der Waals surface area contributed by atoms with Crippen LogP contribution in [0.25, 0.3) is 11.4 Å². The Morgan fingerprint density at radius 1 is 1.06 bits per heavy atom. The summed E-state index contributed by atoms with van der Waals surface area (Å²) in [6.07, 6.45) is 3.45. The molecular formula is C21H22Cl2N6O2S. The first-order valence-corrected chi connectivity index (χ1v) is 11.9. The van der Waals surface area contributed by atoms with Gasteiger partial charge in [0.2, 0.25) is 5.91 Å². The summed E-state index contributed by atoms with van der Waals surface area (Å²) in [4.78, 5) is 19.0. The Morgan fingerprint density at radius 2 is 1.78 bits per heavy atom. The third-order valence-electron chi connectivity index (χ3n) is 4.96. The van der Waals surface area contributed by atoms with E-state index in [4.69, 9.17) is 27.9 Å².